The Kier molecular flexibility index (Phi) is 4.84. The number of ether oxygens (including phenoxy) is 1. The molecule has 1 aliphatic heterocycles. The molecular formula is C23H22N2O4. The first-order valence-corrected chi connectivity index (χ1v) is 9.45. The van der Waals surface area contributed by atoms with E-state index in [1.54, 1.807) is 24.1 Å². The first-order valence-electron chi connectivity index (χ1n) is 9.45. The van der Waals surface area contributed by atoms with Crippen molar-refractivity contribution in [3.63, 3.8) is 0 Å². The second-order valence-corrected chi connectivity index (χ2v) is 7.11. The van der Waals surface area contributed by atoms with Gasteiger partial charge in [-0.05, 0) is 42.7 Å². The van der Waals surface area contributed by atoms with Gasteiger partial charge in [-0.15, -0.1) is 0 Å². The number of para-hydroxylation sites is 1. The molecule has 0 unspecified atom stereocenters. The number of hydrogen-bond donors (Lipinski definition) is 2. The van der Waals surface area contributed by atoms with E-state index in [4.69, 9.17) is 4.74 Å². The Hall–Kier alpha value is -3.54. The van der Waals surface area contributed by atoms with Gasteiger partial charge in [0.2, 0.25) is 0 Å². The topological polar surface area (TPSA) is 82.6 Å². The summed E-state index contributed by atoms with van der Waals surface area (Å²) in [5, 5.41) is 11.5. The number of ketones is 1. The van der Waals surface area contributed by atoms with Crippen LogP contribution < -0.4 is 4.74 Å². The molecule has 1 aromatic heterocycles. The van der Waals surface area contributed by atoms with Crippen molar-refractivity contribution in [2.75, 3.05) is 13.7 Å². The van der Waals surface area contributed by atoms with Crippen molar-refractivity contribution in [3.8, 4) is 5.75 Å². The number of carbonyl (C=O) groups is 2. The monoisotopic (exact) mass is 390 g/mol. The first kappa shape index (κ1) is 18.8. The summed E-state index contributed by atoms with van der Waals surface area (Å²) in [5.41, 5.74) is 2.96. The number of rotatable bonds is 6. The maximum absolute atomic E-state index is 12.8. The zero-order chi connectivity index (χ0) is 20.5. The number of Topliss-reactive ketones (excluding diaryl/α,β-unsaturated/α-hetero) is 1. The van der Waals surface area contributed by atoms with Crippen LogP contribution in [0.25, 0.3) is 10.9 Å². The standard InChI is InChI=1S/C23H22N2O4/c1-14(26)20-21(15-6-5-7-17(12-15)29-2)25(23(28)22(20)27)11-10-16-13-24-19-9-4-3-8-18(16)19/h3-9,12-13,21,24,27H,10-11H2,1-2H3/t21-/m0/s1. The van der Waals surface area contributed by atoms with E-state index in [1.807, 2.05) is 42.6 Å². The van der Waals surface area contributed by atoms with Crippen LogP contribution in [-0.4, -0.2) is 40.3 Å². The van der Waals surface area contributed by atoms with E-state index in [-0.39, 0.29) is 11.4 Å². The SMILES string of the molecule is COc1cccc([C@H]2C(C(C)=O)=C(O)C(=O)N2CCc2c[nH]c3ccccc23)c1. The number of nitrogens with one attached hydrogen (secondary N) is 1. The van der Waals surface area contributed by atoms with Crippen LogP contribution in [0, 0.1) is 0 Å². The van der Waals surface area contributed by atoms with Crippen LogP contribution in [0.2, 0.25) is 0 Å². The van der Waals surface area contributed by atoms with E-state index < -0.39 is 17.7 Å². The summed E-state index contributed by atoms with van der Waals surface area (Å²) in [4.78, 5) is 29.9. The van der Waals surface area contributed by atoms with Crippen LogP contribution in [-0.2, 0) is 16.0 Å². The van der Waals surface area contributed by atoms with E-state index in [9.17, 15) is 14.7 Å². The lowest BCUT2D eigenvalue weighted by molar-refractivity contribution is -0.129. The van der Waals surface area contributed by atoms with Crippen LogP contribution in [0.4, 0.5) is 0 Å². The largest absolute Gasteiger partial charge is 0.503 e. The van der Waals surface area contributed by atoms with Crippen LogP contribution in [0.1, 0.15) is 24.1 Å². The molecule has 148 valence electrons. The van der Waals surface area contributed by atoms with Crippen LogP contribution >= 0.6 is 0 Å². The summed E-state index contributed by atoms with van der Waals surface area (Å²) in [6.07, 6.45) is 2.53. The fourth-order valence-corrected chi connectivity index (χ4v) is 3.98. The lowest BCUT2D eigenvalue weighted by Crippen LogP contribution is -2.32. The molecule has 1 atom stereocenters. The summed E-state index contributed by atoms with van der Waals surface area (Å²) in [6.45, 7) is 1.73. The Labute approximate surface area is 168 Å². The molecule has 0 fully saturated rings. The zero-order valence-electron chi connectivity index (χ0n) is 16.3. The van der Waals surface area contributed by atoms with E-state index in [1.165, 1.54) is 6.92 Å². The van der Waals surface area contributed by atoms with Crippen molar-refractivity contribution in [1.82, 2.24) is 9.88 Å². The first-order chi connectivity index (χ1) is 14.0. The van der Waals surface area contributed by atoms with Gasteiger partial charge in [0.05, 0.1) is 18.7 Å². The van der Waals surface area contributed by atoms with Crippen LogP contribution in [0.3, 0.4) is 0 Å². The number of nitrogens with zero attached hydrogens (tertiary/aromatic N) is 1. The third-order valence-corrected chi connectivity index (χ3v) is 5.39. The maximum Gasteiger partial charge on any atom is 0.290 e. The molecule has 1 aliphatic rings. The molecule has 0 saturated carbocycles. The molecule has 2 heterocycles. The predicted octanol–water partition coefficient (Wildman–Crippen LogP) is 3.70. The van der Waals surface area contributed by atoms with Crippen molar-refractivity contribution in [1.29, 1.82) is 0 Å². The minimum absolute atomic E-state index is 0.127. The number of aromatic nitrogens is 1. The number of aliphatic hydroxyl groups is 1. The fraction of sp³-hybridized carbons (Fsp3) is 0.217. The minimum atomic E-state index is -0.639. The summed E-state index contributed by atoms with van der Waals surface area (Å²) < 4.78 is 5.30. The van der Waals surface area contributed by atoms with Gasteiger partial charge >= 0.3 is 0 Å². The minimum Gasteiger partial charge on any atom is -0.503 e. The fourth-order valence-electron chi connectivity index (χ4n) is 3.98. The smallest absolute Gasteiger partial charge is 0.290 e. The summed E-state index contributed by atoms with van der Waals surface area (Å²) in [7, 11) is 1.56. The molecular weight excluding hydrogens is 368 g/mol. The molecule has 6 nitrogen and oxygen atoms in total. The highest BCUT2D eigenvalue weighted by Crippen LogP contribution is 2.38. The highest BCUT2D eigenvalue weighted by Gasteiger charge is 2.42. The predicted molar refractivity (Wildman–Crippen MR) is 110 cm³/mol. The van der Waals surface area contributed by atoms with E-state index >= 15 is 0 Å². The third kappa shape index (κ3) is 3.27. The van der Waals surface area contributed by atoms with Gasteiger partial charge in [0, 0.05) is 23.6 Å². The normalized spacial score (nSPS) is 16.7. The average Bonchev–Trinajstić information content (AvgIpc) is 3.25. The molecule has 2 N–H and O–H groups in total. The van der Waals surface area contributed by atoms with Gasteiger partial charge in [-0.25, -0.2) is 0 Å². The number of methoxy groups -OCH3 is 1. The Morgan fingerprint density at radius 2 is 2.00 bits per heavy atom. The molecule has 0 spiro atoms. The Morgan fingerprint density at radius 1 is 1.21 bits per heavy atom. The van der Waals surface area contributed by atoms with Gasteiger partial charge in [0.15, 0.2) is 11.5 Å². The Morgan fingerprint density at radius 3 is 2.76 bits per heavy atom. The molecule has 0 bridgehead atoms. The molecule has 2 aromatic carbocycles. The number of amides is 1. The molecule has 0 aliphatic carbocycles. The van der Waals surface area contributed by atoms with Crippen molar-refractivity contribution in [2.45, 2.75) is 19.4 Å². The summed E-state index contributed by atoms with van der Waals surface area (Å²) in [6, 6.07) is 14.6. The number of hydrogen-bond acceptors (Lipinski definition) is 4. The highest BCUT2D eigenvalue weighted by atomic mass is 16.5. The summed E-state index contributed by atoms with van der Waals surface area (Å²) >= 11 is 0. The van der Waals surface area contributed by atoms with Gasteiger partial charge < -0.3 is 19.7 Å². The van der Waals surface area contributed by atoms with Crippen molar-refractivity contribution >= 4 is 22.6 Å². The lowest BCUT2D eigenvalue weighted by atomic mass is 9.96. The number of fused-ring (bicyclic) bond motifs is 1. The Balaban J connectivity index is 1.68. The van der Waals surface area contributed by atoms with Crippen molar-refractivity contribution < 1.29 is 19.4 Å². The molecule has 6 heteroatoms. The average molecular weight is 390 g/mol. The Bertz CT molecular complexity index is 1130. The molecule has 29 heavy (non-hydrogen) atoms. The van der Waals surface area contributed by atoms with Crippen LogP contribution in [0.15, 0.2) is 66.1 Å². The number of aromatic amines is 1. The van der Waals surface area contributed by atoms with E-state index in [0.29, 0.717) is 18.7 Å². The third-order valence-electron chi connectivity index (χ3n) is 5.39. The van der Waals surface area contributed by atoms with Gasteiger partial charge in [0.1, 0.15) is 5.75 Å². The van der Waals surface area contributed by atoms with Crippen molar-refractivity contribution in [2.24, 2.45) is 0 Å². The van der Waals surface area contributed by atoms with Crippen LogP contribution in [0.5, 0.6) is 5.75 Å². The number of aliphatic hydroxyl groups excluding tert-OH is 1. The second kappa shape index (κ2) is 7.47. The molecule has 3 aromatic rings. The van der Waals surface area contributed by atoms with Gasteiger partial charge in [0.25, 0.3) is 5.91 Å². The van der Waals surface area contributed by atoms with Gasteiger partial charge in [-0.1, -0.05) is 30.3 Å². The van der Waals surface area contributed by atoms with E-state index in [0.717, 1.165) is 22.0 Å². The molecule has 0 saturated heterocycles. The molecule has 4 rings (SSSR count). The van der Waals surface area contributed by atoms with Gasteiger partial charge in [-0.3, -0.25) is 9.59 Å². The number of H-pyrrole nitrogens is 1. The molecule has 0 radical (unpaired) electrons. The highest BCUT2D eigenvalue weighted by molar-refractivity contribution is 6.08. The number of benzene rings is 2. The maximum atomic E-state index is 12.8. The van der Waals surface area contributed by atoms with Gasteiger partial charge in [-0.2, -0.15) is 0 Å². The van der Waals surface area contributed by atoms with Crippen molar-refractivity contribution in [3.05, 3.63) is 77.2 Å². The van der Waals surface area contributed by atoms with E-state index in [2.05, 4.69) is 4.98 Å². The molecule has 1 amide bonds. The summed E-state index contributed by atoms with van der Waals surface area (Å²) in [5.74, 6) is -0.689. The number of carbonyl (C=O) groups excluding carboxylic acids is 2. The quantitative estimate of drug-likeness (QED) is 0.672. The second-order valence-electron chi connectivity index (χ2n) is 7.11. The zero-order valence-corrected chi connectivity index (χ0v) is 16.3. The lowest BCUT2D eigenvalue weighted by Gasteiger charge is -2.26.